The van der Waals surface area contributed by atoms with Gasteiger partial charge in [-0.3, -0.25) is 0 Å². The van der Waals surface area contributed by atoms with Crippen LogP contribution in [-0.2, 0) is 0 Å². The quantitative estimate of drug-likeness (QED) is 0.449. The van der Waals surface area contributed by atoms with Crippen LogP contribution in [0.2, 0.25) is 0 Å². The van der Waals surface area contributed by atoms with Crippen LogP contribution in [0.3, 0.4) is 0 Å². The van der Waals surface area contributed by atoms with Gasteiger partial charge in [-0.1, -0.05) is 26.0 Å². The Labute approximate surface area is 177 Å². The highest BCUT2D eigenvalue weighted by Crippen LogP contribution is 2.36. The summed E-state index contributed by atoms with van der Waals surface area (Å²) in [6, 6.07) is 5.77. The van der Waals surface area contributed by atoms with Crippen molar-refractivity contribution in [3.63, 3.8) is 0 Å². The van der Waals surface area contributed by atoms with Gasteiger partial charge in [-0.05, 0) is 53.5 Å². The molecule has 1 aromatic carbocycles. The second-order valence-electron chi connectivity index (χ2n) is 10.0. The molecule has 4 N–H and O–H groups in total. The van der Waals surface area contributed by atoms with Crippen LogP contribution in [0.25, 0.3) is 0 Å². The highest BCUT2D eigenvalue weighted by Gasteiger charge is 2.19. The summed E-state index contributed by atoms with van der Waals surface area (Å²) in [7, 11) is 0. The number of aliphatic hydroxyl groups is 2. The molecule has 0 aliphatic rings. The molecule has 2 atom stereocenters. The van der Waals surface area contributed by atoms with Crippen LogP contribution in [-0.4, -0.2) is 59.8 Å². The first-order valence-corrected chi connectivity index (χ1v) is 10.5. The summed E-state index contributed by atoms with van der Waals surface area (Å²) in [5, 5.41) is 27.1. The molecule has 1 aromatic rings. The van der Waals surface area contributed by atoms with Gasteiger partial charge in [-0.15, -0.1) is 0 Å². The van der Waals surface area contributed by atoms with Crippen molar-refractivity contribution in [1.29, 1.82) is 0 Å². The number of hydrogen-bond acceptors (Lipinski definition) is 6. The Balaban J connectivity index is 2.76. The minimum Gasteiger partial charge on any atom is -0.487 e. The Morgan fingerprint density at radius 1 is 0.828 bits per heavy atom. The number of hydrogen-bond donors (Lipinski definition) is 4. The molecule has 1 rings (SSSR count). The lowest BCUT2D eigenvalue weighted by Gasteiger charge is -2.25. The van der Waals surface area contributed by atoms with E-state index in [1.54, 1.807) is 0 Å². The molecule has 0 radical (unpaired) electrons. The van der Waals surface area contributed by atoms with Gasteiger partial charge in [0.1, 0.15) is 25.4 Å². The van der Waals surface area contributed by atoms with Crippen molar-refractivity contribution >= 4 is 0 Å². The van der Waals surface area contributed by atoms with Crippen LogP contribution in [0.15, 0.2) is 18.2 Å². The Morgan fingerprint density at radius 3 is 1.76 bits per heavy atom. The number of β-amino-alcohol motifs (C(OH)–C–C–N with tert-alkyl or cyclic N) is 2. The minimum atomic E-state index is -0.635. The summed E-state index contributed by atoms with van der Waals surface area (Å²) in [4.78, 5) is 0. The standard InChI is InChI=1S/C23H42N2O4/c1-16(2)19-10-9-11-20(28-14-17(26)12-24-22(3,4)5)21(19)29-15-18(27)13-25-23(6,7)8/h9-11,16-18,24-27H,12-15H2,1-8H3. The fourth-order valence-electron chi connectivity index (χ4n) is 2.59. The third-order valence-electron chi connectivity index (χ3n) is 4.22. The van der Waals surface area contributed by atoms with E-state index in [2.05, 4.69) is 66.0 Å². The van der Waals surface area contributed by atoms with E-state index in [4.69, 9.17) is 9.47 Å². The Morgan fingerprint density at radius 2 is 1.31 bits per heavy atom. The largest absolute Gasteiger partial charge is 0.487 e. The zero-order valence-corrected chi connectivity index (χ0v) is 19.5. The van der Waals surface area contributed by atoms with E-state index < -0.39 is 12.2 Å². The third kappa shape index (κ3) is 10.8. The molecule has 2 unspecified atom stereocenters. The van der Waals surface area contributed by atoms with Gasteiger partial charge in [0, 0.05) is 29.7 Å². The molecule has 0 saturated carbocycles. The van der Waals surface area contributed by atoms with E-state index in [0.717, 1.165) is 5.56 Å². The van der Waals surface area contributed by atoms with Gasteiger partial charge in [0.2, 0.25) is 0 Å². The average molecular weight is 411 g/mol. The van der Waals surface area contributed by atoms with Crippen molar-refractivity contribution in [1.82, 2.24) is 10.6 Å². The van der Waals surface area contributed by atoms with E-state index in [1.165, 1.54) is 0 Å². The molecule has 0 fully saturated rings. The monoisotopic (exact) mass is 410 g/mol. The molecule has 0 bridgehead atoms. The van der Waals surface area contributed by atoms with Crippen LogP contribution in [0.4, 0.5) is 0 Å². The van der Waals surface area contributed by atoms with Crippen LogP contribution >= 0.6 is 0 Å². The highest BCUT2D eigenvalue weighted by atomic mass is 16.5. The summed E-state index contributed by atoms with van der Waals surface area (Å²) in [5.74, 6) is 1.46. The van der Waals surface area contributed by atoms with Gasteiger partial charge in [-0.2, -0.15) is 0 Å². The van der Waals surface area contributed by atoms with Gasteiger partial charge >= 0.3 is 0 Å². The highest BCUT2D eigenvalue weighted by molar-refractivity contribution is 5.48. The minimum absolute atomic E-state index is 0.0654. The first kappa shape index (κ1) is 25.7. The fraction of sp³-hybridized carbons (Fsp3) is 0.739. The molecule has 6 heteroatoms. The van der Waals surface area contributed by atoms with Crippen LogP contribution in [0.1, 0.15) is 66.9 Å². The van der Waals surface area contributed by atoms with Crippen LogP contribution in [0.5, 0.6) is 11.5 Å². The summed E-state index contributed by atoms with van der Waals surface area (Å²) >= 11 is 0. The van der Waals surface area contributed by atoms with Gasteiger partial charge in [0.25, 0.3) is 0 Å². The maximum atomic E-state index is 10.3. The third-order valence-corrected chi connectivity index (χ3v) is 4.22. The van der Waals surface area contributed by atoms with E-state index in [0.29, 0.717) is 24.6 Å². The number of benzene rings is 1. The summed E-state index contributed by atoms with van der Waals surface area (Å²) < 4.78 is 11.9. The lowest BCUT2D eigenvalue weighted by molar-refractivity contribution is 0.0866. The van der Waals surface area contributed by atoms with Crippen LogP contribution < -0.4 is 20.1 Å². The number of nitrogens with one attached hydrogen (secondary N) is 2. The summed E-state index contributed by atoms with van der Waals surface area (Å²) in [6.07, 6.45) is -1.27. The van der Waals surface area contributed by atoms with E-state index in [9.17, 15) is 10.2 Å². The lowest BCUT2D eigenvalue weighted by atomic mass is 10.0. The second-order valence-corrected chi connectivity index (χ2v) is 10.0. The smallest absolute Gasteiger partial charge is 0.164 e. The van der Waals surface area contributed by atoms with Gasteiger partial charge in [0.05, 0.1) is 0 Å². The predicted octanol–water partition coefficient (Wildman–Crippen LogP) is 3.07. The molecule has 0 amide bonds. The Hall–Kier alpha value is -1.34. The molecular weight excluding hydrogens is 368 g/mol. The molecule has 29 heavy (non-hydrogen) atoms. The summed E-state index contributed by atoms with van der Waals surface area (Å²) in [6.45, 7) is 17.7. The molecule has 0 aliphatic heterocycles. The fourth-order valence-corrected chi connectivity index (χ4v) is 2.59. The van der Waals surface area contributed by atoms with Gasteiger partial charge < -0.3 is 30.3 Å². The van der Waals surface area contributed by atoms with Crippen molar-refractivity contribution in [3.8, 4) is 11.5 Å². The molecule has 0 saturated heterocycles. The zero-order chi connectivity index (χ0) is 22.2. The average Bonchev–Trinajstić information content (AvgIpc) is 2.60. The maximum Gasteiger partial charge on any atom is 0.164 e. The van der Waals surface area contributed by atoms with Gasteiger partial charge in [-0.25, -0.2) is 0 Å². The van der Waals surface area contributed by atoms with Crippen molar-refractivity contribution < 1.29 is 19.7 Å². The molecule has 0 aromatic heterocycles. The van der Waals surface area contributed by atoms with E-state index in [1.807, 2.05) is 18.2 Å². The number of ether oxygens (including phenoxy) is 2. The molecular formula is C23H42N2O4. The number of aliphatic hydroxyl groups excluding tert-OH is 2. The van der Waals surface area contributed by atoms with E-state index in [-0.39, 0.29) is 30.2 Å². The van der Waals surface area contributed by atoms with Crippen molar-refractivity contribution in [3.05, 3.63) is 23.8 Å². The van der Waals surface area contributed by atoms with E-state index >= 15 is 0 Å². The van der Waals surface area contributed by atoms with Crippen molar-refractivity contribution in [2.75, 3.05) is 26.3 Å². The molecule has 0 heterocycles. The molecule has 168 valence electrons. The molecule has 6 nitrogen and oxygen atoms in total. The van der Waals surface area contributed by atoms with Crippen molar-refractivity contribution in [2.45, 2.75) is 84.6 Å². The molecule has 0 spiro atoms. The summed E-state index contributed by atoms with van der Waals surface area (Å²) in [5.41, 5.74) is 0.882. The van der Waals surface area contributed by atoms with Crippen LogP contribution in [0, 0.1) is 0 Å². The lowest BCUT2D eigenvalue weighted by Crippen LogP contribution is -2.42. The topological polar surface area (TPSA) is 83.0 Å². The van der Waals surface area contributed by atoms with Crippen molar-refractivity contribution in [2.24, 2.45) is 0 Å². The Kier molecular flexibility index (Phi) is 9.89. The maximum absolute atomic E-state index is 10.3. The Bertz CT molecular complexity index is 606. The SMILES string of the molecule is CC(C)c1cccc(OCC(O)CNC(C)(C)C)c1OCC(O)CNC(C)(C)C. The first-order valence-electron chi connectivity index (χ1n) is 10.5. The second kappa shape index (κ2) is 11.2. The zero-order valence-electron chi connectivity index (χ0n) is 19.5. The number of rotatable bonds is 11. The normalized spacial score (nSPS) is 14.7. The predicted molar refractivity (Wildman–Crippen MR) is 119 cm³/mol. The van der Waals surface area contributed by atoms with Gasteiger partial charge in [0.15, 0.2) is 11.5 Å². The number of para-hydroxylation sites is 1. The molecule has 0 aliphatic carbocycles. The first-order chi connectivity index (χ1) is 13.3.